The third kappa shape index (κ3) is 4.36. The van der Waals surface area contributed by atoms with Crippen molar-refractivity contribution in [2.45, 2.75) is 59.0 Å². The van der Waals surface area contributed by atoms with Crippen molar-refractivity contribution >= 4 is 28.2 Å². The van der Waals surface area contributed by atoms with Gasteiger partial charge < -0.3 is 10.6 Å². The Bertz CT molecular complexity index is 1120. The van der Waals surface area contributed by atoms with E-state index < -0.39 is 0 Å². The lowest BCUT2D eigenvalue weighted by molar-refractivity contribution is 0.0943. The SMILES string of the molecule is CCn1nnnc1-c1cccc(C(=O)Nc2sc3c(c2C(=O)NC(C)C)CCCC3)c1. The first-order valence-electron chi connectivity index (χ1n) is 10.6. The summed E-state index contributed by atoms with van der Waals surface area (Å²) in [6.45, 7) is 6.46. The molecule has 3 aromatic rings. The van der Waals surface area contributed by atoms with Crippen LogP contribution in [0.5, 0.6) is 0 Å². The molecule has 0 aliphatic heterocycles. The molecule has 31 heavy (non-hydrogen) atoms. The maximum absolute atomic E-state index is 13.1. The topological polar surface area (TPSA) is 102 Å². The third-order valence-corrected chi connectivity index (χ3v) is 6.47. The van der Waals surface area contributed by atoms with Crippen molar-refractivity contribution in [1.29, 1.82) is 0 Å². The zero-order valence-electron chi connectivity index (χ0n) is 17.9. The molecule has 1 aliphatic carbocycles. The summed E-state index contributed by atoms with van der Waals surface area (Å²) in [5.74, 6) is 0.232. The third-order valence-electron chi connectivity index (χ3n) is 5.26. The van der Waals surface area contributed by atoms with Gasteiger partial charge in [0.05, 0.1) is 5.56 Å². The Labute approximate surface area is 185 Å². The van der Waals surface area contributed by atoms with Crippen LogP contribution in [0, 0.1) is 0 Å². The number of thiophene rings is 1. The molecule has 0 unspecified atom stereocenters. The highest BCUT2D eigenvalue weighted by atomic mass is 32.1. The molecule has 2 aromatic heterocycles. The van der Waals surface area contributed by atoms with Gasteiger partial charge in [-0.25, -0.2) is 4.68 Å². The molecule has 0 fully saturated rings. The fraction of sp³-hybridized carbons (Fsp3) is 0.409. The van der Waals surface area contributed by atoms with Gasteiger partial charge in [-0.1, -0.05) is 12.1 Å². The molecule has 0 saturated carbocycles. The molecule has 8 nitrogen and oxygen atoms in total. The molecule has 0 saturated heterocycles. The number of carbonyl (C=O) groups is 2. The van der Waals surface area contributed by atoms with E-state index in [1.807, 2.05) is 32.9 Å². The van der Waals surface area contributed by atoms with Gasteiger partial charge in [-0.15, -0.1) is 16.4 Å². The van der Waals surface area contributed by atoms with Crippen LogP contribution in [0.4, 0.5) is 5.00 Å². The van der Waals surface area contributed by atoms with Gasteiger partial charge in [-0.3, -0.25) is 9.59 Å². The number of nitrogens with one attached hydrogen (secondary N) is 2. The van der Waals surface area contributed by atoms with E-state index in [2.05, 4.69) is 26.2 Å². The summed E-state index contributed by atoms with van der Waals surface area (Å²) in [6, 6.07) is 7.23. The fourth-order valence-electron chi connectivity index (χ4n) is 3.83. The average Bonchev–Trinajstić information content (AvgIpc) is 3.37. The summed E-state index contributed by atoms with van der Waals surface area (Å²) in [6.07, 6.45) is 4.00. The molecule has 1 aromatic carbocycles. The first kappa shape index (κ1) is 21.2. The van der Waals surface area contributed by atoms with Crippen molar-refractivity contribution in [2.75, 3.05) is 5.32 Å². The highest BCUT2D eigenvalue weighted by Crippen LogP contribution is 2.38. The first-order valence-corrected chi connectivity index (χ1v) is 11.4. The van der Waals surface area contributed by atoms with Crippen LogP contribution in [-0.4, -0.2) is 38.1 Å². The van der Waals surface area contributed by atoms with E-state index in [9.17, 15) is 9.59 Å². The van der Waals surface area contributed by atoms with Gasteiger partial charge in [0.1, 0.15) is 5.00 Å². The first-order chi connectivity index (χ1) is 15.0. The number of aryl methyl sites for hydroxylation is 2. The number of aromatic nitrogens is 4. The van der Waals surface area contributed by atoms with Crippen molar-refractivity contribution in [3.05, 3.63) is 45.8 Å². The number of nitrogens with zero attached hydrogens (tertiary/aromatic N) is 4. The number of hydrogen-bond acceptors (Lipinski definition) is 6. The zero-order chi connectivity index (χ0) is 22.0. The van der Waals surface area contributed by atoms with Crippen molar-refractivity contribution < 1.29 is 9.59 Å². The Morgan fingerprint density at radius 2 is 2.00 bits per heavy atom. The van der Waals surface area contributed by atoms with Gasteiger partial charge >= 0.3 is 0 Å². The van der Waals surface area contributed by atoms with E-state index in [0.717, 1.165) is 36.8 Å². The van der Waals surface area contributed by atoms with Crippen LogP contribution >= 0.6 is 11.3 Å². The van der Waals surface area contributed by atoms with E-state index in [1.165, 1.54) is 16.2 Å². The fourth-order valence-corrected chi connectivity index (χ4v) is 5.11. The largest absolute Gasteiger partial charge is 0.350 e. The highest BCUT2D eigenvalue weighted by Gasteiger charge is 2.27. The Hall–Kier alpha value is -3.07. The Morgan fingerprint density at radius 1 is 1.19 bits per heavy atom. The van der Waals surface area contributed by atoms with Gasteiger partial charge in [-0.05, 0) is 74.6 Å². The Balaban J connectivity index is 1.64. The highest BCUT2D eigenvalue weighted by molar-refractivity contribution is 7.17. The van der Waals surface area contributed by atoms with E-state index in [0.29, 0.717) is 28.5 Å². The molecule has 2 amide bonds. The molecule has 0 radical (unpaired) electrons. The molecule has 2 heterocycles. The predicted molar refractivity (Wildman–Crippen MR) is 120 cm³/mol. The van der Waals surface area contributed by atoms with Crippen LogP contribution in [0.1, 0.15) is 64.8 Å². The predicted octanol–water partition coefficient (Wildman–Crippen LogP) is 3.69. The molecule has 0 atom stereocenters. The van der Waals surface area contributed by atoms with Crippen molar-refractivity contribution in [3.8, 4) is 11.4 Å². The minimum absolute atomic E-state index is 0.0244. The summed E-state index contributed by atoms with van der Waals surface area (Å²) < 4.78 is 1.68. The van der Waals surface area contributed by atoms with Gasteiger partial charge in [0.15, 0.2) is 5.82 Å². The van der Waals surface area contributed by atoms with Gasteiger partial charge in [0, 0.05) is 28.6 Å². The van der Waals surface area contributed by atoms with E-state index in [4.69, 9.17) is 0 Å². The van der Waals surface area contributed by atoms with Crippen LogP contribution in [0.25, 0.3) is 11.4 Å². The molecule has 9 heteroatoms. The number of rotatable bonds is 6. The van der Waals surface area contributed by atoms with Crippen molar-refractivity contribution in [1.82, 2.24) is 25.5 Å². The van der Waals surface area contributed by atoms with Crippen molar-refractivity contribution in [2.24, 2.45) is 0 Å². The second kappa shape index (κ2) is 8.97. The zero-order valence-corrected chi connectivity index (χ0v) is 18.8. The summed E-state index contributed by atoms with van der Waals surface area (Å²) >= 11 is 1.52. The number of fused-ring (bicyclic) bond motifs is 1. The number of benzene rings is 1. The lowest BCUT2D eigenvalue weighted by atomic mass is 9.95. The van der Waals surface area contributed by atoms with E-state index >= 15 is 0 Å². The number of hydrogen-bond donors (Lipinski definition) is 2. The summed E-state index contributed by atoms with van der Waals surface area (Å²) in [5.41, 5.74) is 2.96. The molecular formula is C22H26N6O2S. The minimum Gasteiger partial charge on any atom is -0.350 e. The van der Waals surface area contributed by atoms with Crippen molar-refractivity contribution in [3.63, 3.8) is 0 Å². The van der Waals surface area contributed by atoms with Gasteiger partial charge in [0.25, 0.3) is 11.8 Å². The smallest absolute Gasteiger partial charge is 0.256 e. The second-order valence-corrected chi connectivity index (χ2v) is 9.00. The Morgan fingerprint density at radius 3 is 2.77 bits per heavy atom. The standard InChI is InChI=1S/C22H26N6O2S/c1-4-28-19(25-26-27-28)14-8-7-9-15(12-14)20(29)24-22-18(21(30)23-13(2)3)16-10-5-6-11-17(16)31-22/h7-9,12-13H,4-6,10-11H2,1-3H3,(H,23,30)(H,24,29). The Kier molecular flexibility index (Phi) is 6.13. The lowest BCUT2D eigenvalue weighted by Gasteiger charge is -2.14. The minimum atomic E-state index is -0.255. The maximum atomic E-state index is 13.1. The summed E-state index contributed by atoms with van der Waals surface area (Å²) in [7, 11) is 0. The second-order valence-electron chi connectivity index (χ2n) is 7.90. The molecule has 2 N–H and O–H groups in total. The summed E-state index contributed by atoms with van der Waals surface area (Å²) in [5, 5.41) is 18.4. The quantitative estimate of drug-likeness (QED) is 0.611. The molecule has 162 valence electrons. The number of tetrazole rings is 1. The normalized spacial score (nSPS) is 13.2. The number of carbonyl (C=O) groups excluding carboxylic acids is 2. The molecule has 4 rings (SSSR count). The monoisotopic (exact) mass is 438 g/mol. The summed E-state index contributed by atoms with van der Waals surface area (Å²) in [4.78, 5) is 27.2. The van der Waals surface area contributed by atoms with E-state index in [-0.39, 0.29) is 17.9 Å². The number of amides is 2. The van der Waals surface area contributed by atoms with Gasteiger partial charge in [-0.2, -0.15) is 0 Å². The molecule has 0 bridgehead atoms. The maximum Gasteiger partial charge on any atom is 0.256 e. The van der Waals surface area contributed by atoms with Crippen LogP contribution in [0.2, 0.25) is 0 Å². The van der Waals surface area contributed by atoms with E-state index in [1.54, 1.807) is 16.8 Å². The molecule has 1 aliphatic rings. The number of anilines is 1. The molecular weight excluding hydrogens is 412 g/mol. The van der Waals surface area contributed by atoms with Crippen LogP contribution in [-0.2, 0) is 19.4 Å². The lowest BCUT2D eigenvalue weighted by Crippen LogP contribution is -2.31. The van der Waals surface area contributed by atoms with Crippen LogP contribution < -0.4 is 10.6 Å². The van der Waals surface area contributed by atoms with Crippen LogP contribution in [0.15, 0.2) is 24.3 Å². The molecule has 0 spiro atoms. The average molecular weight is 439 g/mol. The van der Waals surface area contributed by atoms with Crippen LogP contribution in [0.3, 0.4) is 0 Å². The van der Waals surface area contributed by atoms with Gasteiger partial charge in [0.2, 0.25) is 0 Å².